The maximum absolute atomic E-state index is 11.5. The number of allylic oxidation sites excluding steroid dienone is 2. The van der Waals surface area contributed by atoms with Crippen molar-refractivity contribution in [2.24, 2.45) is 0 Å². The first-order valence-electron chi connectivity index (χ1n) is 5.71. The third-order valence-electron chi connectivity index (χ3n) is 2.95. The van der Waals surface area contributed by atoms with Gasteiger partial charge in [-0.3, -0.25) is 4.79 Å². The molecule has 0 unspecified atom stereocenters. The van der Waals surface area contributed by atoms with Crippen LogP contribution in [0, 0.1) is 0 Å². The molecule has 1 aromatic rings. The molecule has 3 nitrogen and oxygen atoms in total. The summed E-state index contributed by atoms with van der Waals surface area (Å²) in [5, 5.41) is 0. The molecule has 0 spiro atoms. The number of ether oxygens (including phenoxy) is 2. The monoisotopic (exact) mass is 232 g/mol. The van der Waals surface area contributed by atoms with Crippen LogP contribution in [0.25, 0.3) is 5.57 Å². The second-order valence-electron chi connectivity index (χ2n) is 4.03. The van der Waals surface area contributed by atoms with Crippen molar-refractivity contribution in [2.45, 2.75) is 19.3 Å². The summed E-state index contributed by atoms with van der Waals surface area (Å²) in [7, 11) is 3.26. The van der Waals surface area contributed by atoms with Gasteiger partial charge in [-0.2, -0.15) is 0 Å². The maximum Gasteiger partial charge on any atom is 0.156 e. The van der Waals surface area contributed by atoms with E-state index in [0.717, 1.165) is 35.5 Å². The first-order valence-corrected chi connectivity index (χ1v) is 5.71. The molecule has 0 saturated heterocycles. The molecule has 0 amide bonds. The van der Waals surface area contributed by atoms with Crippen LogP contribution < -0.4 is 9.47 Å². The van der Waals surface area contributed by atoms with Gasteiger partial charge in [0.1, 0.15) is 11.5 Å². The van der Waals surface area contributed by atoms with Crippen LogP contribution in [0.1, 0.15) is 24.8 Å². The number of rotatable bonds is 3. The second-order valence-corrected chi connectivity index (χ2v) is 4.03. The zero-order valence-corrected chi connectivity index (χ0v) is 10.2. The van der Waals surface area contributed by atoms with Gasteiger partial charge in [-0.25, -0.2) is 0 Å². The minimum atomic E-state index is 0.180. The van der Waals surface area contributed by atoms with Crippen molar-refractivity contribution in [1.82, 2.24) is 0 Å². The molecular formula is C14H16O3. The second kappa shape index (κ2) is 5.04. The van der Waals surface area contributed by atoms with E-state index in [-0.39, 0.29) is 5.78 Å². The fraction of sp³-hybridized carbons (Fsp3) is 0.357. The van der Waals surface area contributed by atoms with Crippen LogP contribution in [0.4, 0.5) is 0 Å². The van der Waals surface area contributed by atoms with Crippen LogP contribution in [-0.2, 0) is 4.79 Å². The molecule has 0 N–H and O–H groups in total. The van der Waals surface area contributed by atoms with Gasteiger partial charge >= 0.3 is 0 Å². The molecule has 2 rings (SSSR count). The number of carbonyl (C=O) groups excluding carboxylic acids is 1. The Morgan fingerprint density at radius 3 is 2.24 bits per heavy atom. The van der Waals surface area contributed by atoms with Crippen LogP contribution in [0.2, 0.25) is 0 Å². The Morgan fingerprint density at radius 2 is 1.71 bits per heavy atom. The van der Waals surface area contributed by atoms with Crippen LogP contribution in [-0.4, -0.2) is 20.0 Å². The summed E-state index contributed by atoms with van der Waals surface area (Å²) in [5.41, 5.74) is 1.92. The molecular weight excluding hydrogens is 216 g/mol. The Hall–Kier alpha value is -1.77. The molecule has 0 bridgehead atoms. The van der Waals surface area contributed by atoms with E-state index < -0.39 is 0 Å². The van der Waals surface area contributed by atoms with E-state index in [2.05, 4.69) is 0 Å². The van der Waals surface area contributed by atoms with E-state index in [1.54, 1.807) is 20.3 Å². The van der Waals surface area contributed by atoms with Crippen LogP contribution in [0.15, 0.2) is 24.3 Å². The number of carbonyl (C=O) groups is 1. The average Bonchev–Trinajstić information content (AvgIpc) is 2.37. The highest BCUT2D eigenvalue weighted by molar-refractivity contribution is 5.99. The van der Waals surface area contributed by atoms with E-state index >= 15 is 0 Å². The van der Waals surface area contributed by atoms with Gasteiger partial charge < -0.3 is 9.47 Å². The summed E-state index contributed by atoms with van der Waals surface area (Å²) in [6.45, 7) is 0. The molecule has 3 heteroatoms. The lowest BCUT2D eigenvalue weighted by Gasteiger charge is -2.18. The van der Waals surface area contributed by atoms with E-state index in [0.29, 0.717) is 6.42 Å². The molecule has 0 heterocycles. The molecule has 0 radical (unpaired) electrons. The quantitative estimate of drug-likeness (QED) is 0.803. The summed E-state index contributed by atoms with van der Waals surface area (Å²) in [6, 6.07) is 5.65. The van der Waals surface area contributed by atoms with E-state index in [9.17, 15) is 4.79 Å². The van der Waals surface area contributed by atoms with E-state index in [1.165, 1.54) is 0 Å². The number of hydrogen-bond acceptors (Lipinski definition) is 3. The average molecular weight is 232 g/mol. The molecule has 0 saturated carbocycles. The maximum atomic E-state index is 11.5. The van der Waals surface area contributed by atoms with E-state index in [4.69, 9.17) is 9.47 Å². The molecule has 0 aliphatic heterocycles. The Bertz CT molecular complexity index is 438. The zero-order chi connectivity index (χ0) is 12.3. The van der Waals surface area contributed by atoms with Gasteiger partial charge in [-0.1, -0.05) is 6.07 Å². The lowest BCUT2D eigenvalue weighted by Crippen LogP contribution is -2.04. The highest BCUT2D eigenvalue weighted by Crippen LogP contribution is 2.38. The Morgan fingerprint density at radius 1 is 1.06 bits per heavy atom. The van der Waals surface area contributed by atoms with Crippen molar-refractivity contribution in [2.75, 3.05) is 14.2 Å². The lowest BCUT2D eigenvalue weighted by molar-refractivity contribution is -0.114. The Balaban J connectivity index is 2.52. The van der Waals surface area contributed by atoms with Gasteiger partial charge in [0, 0.05) is 6.42 Å². The van der Waals surface area contributed by atoms with Crippen molar-refractivity contribution in [3.63, 3.8) is 0 Å². The molecule has 1 aliphatic rings. The lowest BCUT2D eigenvalue weighted by atomic mass is 9.92. The van der Waals surface area contributed by atoms with Crippen molar-refractivity contribution in [3.05, 3.63) is 29.8 Å². The first-order chi connectivity index (χ1) is 8.26. The normalized spacial score (nSPS) is 15.4. The minimum Gasteiger partial charge on any atom is -0.496 e. The van der Waals surface area contributed by atoms with Crippen LogP contribution in [0.3, 0.4) is 0 Å². The van der Waals surface area contributed by atoms with Crippen molar-refractivity contribution < 1.29 is 14.3 Å². The topological polar surface area (TPSA) is 35.5 Å². The molecule has 90 valence electrons. The summed E-state index contributed by atoms with van der Waals surface area (Å²) >= 11 is 0. The number of benzene rings is 1. The third-order valence-corrected chi connectivity index (χ3v) is 2.95. The Labute approximate surface area is 101 Å². The van der Waals surface area contributed by atoms with Gasteiger partial charge in [0.15, 0.2) is 5.78 Å². The van der Waals surface area contributed by atoms with Gasteiger partial charge in [0.25, 0.3) is 0 Å². The summed E-state index contributed by atoms with van der Waals surface area (Å²) in [6.07, 6.45) is 4.14. The number of methoxy groups -OCH3 is 2. The van der Waals surface area contributed by atoms with Gasteiger partial charge in [-0.05, 0) is 36.6 Å². The molecule has 0 atom stereocenters. The molecule has 1 aromatic carbocycles. The fourth-order valence-corrected chi connectivity index (χ4v) is 2.16. The molecule has 17 heavy (non-hydrogen) atoms. The smallest absolute Gasteiger partial charge is 0.156 e. The Kier molecular flexibility index (Phi) is 3.47. The molecule has 1 aliphatic carbocycles. The highest BCUT2D eigenvalue weighted by Gasteiger charge is 2.18. The number of hydrogen-bond donors (Lipinski definition) is 0. The van der Waals surface area contributed by atoms with Gasteiger partial charge in [0.2, 0.25) is 0 Å². The third kappa shape index (κ3) is 2.33. The van der Waals surface area contributed by atoms with Gasteiger partial charge in [0.05, 0.1) is 19.8 Å². The van der Waals surface area contributed by atoms with Crippen LogP contribution >= 0.6 is 0 Å². The van der Waals surface area contributed by atoms with Crippen molar-refractivity contribution >= 4 is 11.4 Å². The summed E-state index contributed by atoms with van der Waals surface area (Å²) in [5.74, 6) is 1.69. The molecule has 0 aromatic heterocycles. The first kappa shape index (κ1) is 11.7. The molecule has 0 fully saturated rings. The summed E-state index contributed by atoms with van der Waals surface area (Å²) in [4.78, 5) is 11.5. The zero-order valence-electron chi connectivity index (χ0n) is 10.2. The largest absolute Gasteiger partial charge is 0.496 e. The summed E-state index contributed by atoms with van der Waals surface area (Å²) < 4.78 is 10.7. The van der Waals surface area contributed by atoms with Crippen molar-refractivity contribution in [1.29, 1.82) is 0 Å². The van der Waals surface area contributed by atoms with Gasteiger partial charge in [-0.15, -0.1) is 0 Å². The van der Waals surface area contributed by atoms with E-state index in [1.807, 2.05) is 18.2 Å². The van der Waals surface area contributed by atoms with Crippen LogP contribution in [0.5, 0.6) is 11.5 Å². The van der Waals surface area contributed by atoms with Crippen molar-refractivity contribution in [3.8, 4) is 11.5 Å². The highest BCUT2D eigenvalue weighted by atomic mass is 16.5. The predicted molar refractivity (Wildman–Crippen MR) is 66.4 cm³/mol. The SMILES string of the molecule is COc1cccc(OC)c1C1=CC(=O)CCC1. The predicted octanol–water partition coefficient (Wildman–Crippen LogP) is 2.84. The fourth-order valence-electron chi connectivity index (χ4n) is 2.16. The standard InChI is InChI=1S/C14H16O3/c1-16-12-7-4-8-13(17-2)14(12)10-5-3-6-11(15)9-10/h4,7-9H,3,5-6H2,1-2H3. The number of ketones is 1. The minimum absolute atomic E-state index is 0.180.